The first-order valence-electron chi connectivity index (χ1n) is 8.54. The van der Waals surface area contributed by atoms with Crippen molar-refractivity contribution in [3.63, 3.8) is 0 Å². The van der Waals surface area contributed by atoms with Gasteiger partial charge in [0.25, 0.3) is 5.91 Å². The second-order valence-corrected chi connectivity index (χ2v) is 8.13. The third-order valence-corrected chi connectivity index (χ3v) is 4.79. The molecule has 3 rings (SSSR count). The maximum Gasteiger partial charge on any atom is 0.291 e. The van der Waals surface area contributed by atoms with E-state index >= 15 is 0 Å². The number of furan rings is 1. The summed E-state index contributed by atoms with van der Waals surface area (Å²) < 4.78 is 30.7. The van der Waals surface area contributed by atoms with E-state index in [0.717, 1.165) is 44.3 Å². The Hall–Kier alpha value is -2.99. The molecule has 1 aliphatic heterocycles. The number of nitrogens with zero attached hydrogens (tertiary/aromatic N) is 2. The number of hydrogen-bond donors (Lipinski definition) is 2. The van der Waals surface area contributed by atoms with Crippen molar-refractivity contribution in [2.45, 2.75) is 19.3 Å². The van der Waals surface area contributed by atoms with Gasteiger partial charge in [0, 0.05) is 13.1 Å². The lowest BCUT2D eigenvalue weighted by atomic mass is 10.1. The Morgan fingerprint density at radius 2 is 1.93 bits per heavy atom. The predicted octanol–water partition coefficient (Wildman–Crippen LogP) is 2.77. The minimum Gasteiger partial charge on any atom is -0.440 e. The summed E-state index contributed by atoms with van der Waals surface area (Å²) in [6.07, 6.45) is 4.29. The molecule has 142 valence electrons. The highest BCUT2D eigenvalue weighted by Gasteiger charge is 2.19. The summed E-state index contributed by atoms with van der Waals surface area (Å²) in [5.74, 6) is -0.378. The first-order chi connectivity index (χ1) is 12.9. The number of piperidine rings is 1. The van der Waals surface area contributed by atoms with Gasteiger partial charge in [-0.1, -0.05) is 0 Å². The van der Waals surface area contributed by atoms with E-state index in [1.165, 1.54) is 12.1 Å². The smallest absolute Gasteiger partial charge is 0.291 e. The van der Waals surface area contributed by atoms with Crippen molar-refractivity contribution in [1.29, 1.82) is 5.26 Å². The molecule has 27 heavy (non-hydrogen) atoms. The number of hydrogen-bond acceptors (Lipinski definition) is 6. The van der Waals surface area contributed by atoms with Crippen molar-refractivity contribution in [3.05, 3.63) is 41.9 Å². The quantitative estimate of drug-likeness (QED) is 0.814. The van der Waals surface area contributed by atoms with Crippen LogP contribution < -0.4 is 14.9 Å². The lowest BCUT2D eigenvalue weighted by molar-refractivity contribution is 0.0996. The van der Waals surface area contributed by atoms with Gasteiger partial charge in [0.05, 0.1) is 23.3 Å². The van der Waals surface area contributed by atoms with E-state index in [1.54, 1.807) is 18.2 Å². The Morgan fingerprint density at radius 1 is 1.19 bits per heavy atom. The fourth-order valence-corrected chi connectivity index (χ4v) is 3.57. The predicted molar refractivity (Wildman–Crippen MR) is 102 cm³/mol. The highest BCUT2D eigenvalue weighted by molar-refractivity contribution is 7.92. The van der Waals surface area contributed by atoms with Crippen molar-refractivity contribution < 1.29 is 17.6 Å². The minimum absolute atomic E-state index is 0.0366. The maximum atomic E-state index is 12.4. The highest BCUT2D eigenvalue weighted by atomic mass is 32.2. The van der Waals surface area contributed by atoms with Crippen molar-refractivity contribution >= 4 is 33.0 Å². The van der Waals surface area contributed by atoms with E-state index in [0.29, 0.717) is 11.4 Å². The molecule has 1 aromatic heterocycles. The van der Waals surface area contributed by atoms with Crippen LogP contribution in [-0.4, -0.2) is 33.7 Å². The van der Waals surface area contributed by atoms with Gasteiger partial charge in [-0.3, -0.25) is 9.52 Å². The van der Waals surface area contributed by atoms with Gasteiger partial charge in [0.2, 0.25) is 15.8 Å². The average molecular weight is 388 g/mol. The van der Waals surface area contributed by atoms with Crippen LogP contribution in [0.4, 0.5) is 17.1 Å². The van der Waals surface area contributed by atoms with E-state index in [9.17, 15) is 13.2 Å². The SMILES string of the molecule is CS(=O)(=O)Nc1ccc(NC(=O)c2ccc(C#N)o2)c(N2CCCCC2)c1. The number of nitrogens with one attached hydrogen (secondary N) is 2. The summed E-state index contributed by atoms with van der Waals surface area (Å²) >= 11 is 0. The van der Waals surface area contributed by atoms with Gasteiger partial charge in [0.15, 0.2) is 5.76 Å². The first kappa shape index (κ1) is 18.8. The molecule has 0 spiro atoms. The number of carbonyl (C=O) groups excluding carboxylic acids is 1. The third kappa shape index (κ3) is 4.80. The summed E-state index contributed by atoms with van der Waals surface area (Å²) in [5, 5.41) is 11.6. The summed E-state index contributed by atoms with van der Waals surface area (Å²) in [6, 6.07) is 9.67. The third-order valence-electron chi connectivity index (χ3n) is 4.19. The Bertz CT molecular complexity index is 985. The van der Waals surface area contributed by atoms with E-state index in [2.05, 4.69) is 14.9 Å². The summed E-state index contributed by atoms with van der Waals surface area (Å²) in [6.45, 7) is 1.65. The molecule has 1 aromatic carbocycles. The van der Waals surface area contributed by atoms with Gasteiger partial charge in [-0.25, -0.2) is 8.42 Å². The lowest BCUT2D eigenvalue weighted by Gasteiger charge is -2.31. The number of carbonyl (C=O) groups is 1. The van der Waals surface area contributed by atoms with Crippen molar-refractivity contribution in [3.8, 4) is 6.07 Å². The Morgan fingerprint density at radius 3 is 2.56 bits per heavy atom. The molecule has 1 saturated heterocycles. The molecular weight excluding hydrogens is 368 g/mol. The fraction of sp³-hybridized carbons (Fsp3) is 0.333. The van der Waals surface area contributed by atoms with Crippen molar-refractivity contribution in [1.82, 2.24) is 0 Å². The van der Waals surface area contributed by atoms with E-state index in [4.69, 9.17) is 9.68 Å². The molecule has 0 unspecified atom stereocenters. The average Bonchev–Trinajstić information content (AvgIpc) is 3.12. The normalized spacial score (nSPS) is 14.4. The minimum atomic E-state index is -3.41. The van der Waals surface area contributed by atoms with Gasteiger partial charge in [-0.2, -0.15) is 5.26 Å². The molecule has 1 aliphatic rings. The standard InChI is InChI=1S/C18H20N4O4S/c1-27(24,25)21-13-5-7-15(16(11-13)22-9-3-2-4-10-22)20-18(23)17-8-6-14(12-19)26-17/h5-8,11,21H,2-4,9-10H2,1H3,(H,20,23). The Balaban J connectivity index is 1.90. The number of sulfonamides is 1. The summed E-state index contributed by atoms with van der Waals surface area (Å²) in [5.41, 5.74) is 1.72. The number of rotatable bonds is 5. The molecule has 2 heterocycles. The topological polar surface area (TPSA) is 115 Å². The van der Waals surface area contributed by atoms with Crippen molar-refractivity contribution in [2.24, 2.45) is 0 Å². The van der Waals surface area contributed by atoms with E-state index in [1.807, 2.05) is 6.07 Å². The molecule has 2 aromatic rings. The van der Waals surface area contributed by atoms with Crippen LogP contribution >= 0.6 is 0 Å². The van der Waals surface area contributed by atoms with Gasteiger partial charge >= 0.3 is 0 Å². The fourth-order valence-electron chi connectivity index (χ4n) is 3.02. The largest absolute Gasteiger partial charge is 0.440 e. The number of benzene rings is 1. The molecule has 0 bridgehead atoms. The van der Waals surface area contributed by atoms with Gasteiger partial charge in [0.1, 0.15) is 6.07 Å². The number of amides is 1. The van der Waals surface area contributed by atoms with Crippen LogP contribution in [0.1, 0.15) is 35.6 Å². The van der Waals surface area contributed by atoms with Crippen LogP contribution in [0.25, 0.3) is 0 Å². The molecule has 0 atom stereocenters. The van der Waals surface area contributed by atoms with Crippen LogP contribution in [0, 0.1) is 11.3 Å². The molecule has 8 nitrogen and oxygen atoms in total. The summed E-state index contributed by atoms with van der Waals surface area (Å²) in [4.78, 5) is 14.6. The van der Waals surface area contributed by atoms with Gasteiger partial charge < -0.3 is 14.6 Å². The number of anilines is 3. The second-order valence-electron chi connectivity index (χ2n) is 6.38. The molecule has 2 N–H and O–H groups in total. The van der Waals surface area contributed by atoms with Crippen LogP contribution in [0.2, 0.25) is 0 Å². The molecular formula is C18H20N4O4S. The molecule has 0 aliphatic carbocycles. The van der Waals surface area contributed by atoms with Crippen LogP contribution in [0.15, 0.2) is 34.7 Å². The second kappa shape index (κ2) is 7.72. The molecule has 1 amide bonds. The van der Waals surface area contributed by atoms with E-state index < -0.39 is 15.9 Å². The Kier molecular flexibility index (Phi) is 5.37. The highest BCUT2D eigenvalue weighted by Crippen LogP contribution is 2.32. The molecule has 1 fully saturated rings. The molecule has 0 radical (unpaired) electrons. The van der Waals surface area contributed by atoms with Crippen LogP contribution in [0.5, 0.6) is 0 Å². The zero-order valence-electron chi connectivity index (χ0n) is 14.9. The molecule has 9 heteroatoms. The van der Waals surface area contributed by atoms with Gasteiger partial charge in [-0.15, -0.1) is 0 Å². The van der Waals surface area contributed by atoms with E-state index in [-0.39, 0.29) is 11.5 Å². The van der Waals surface area contributed by atoms with Gasteiger partial charge in [-0.05, 0) is 49.6 Å². The zero-order valence-corrected chi connectivity index (χ0v) is 15.7. The molecule has 0 saturated carbocycles. The summed E-state index contributed by atoms with van der Waals surface area (Å²) in [7, 11) is -3.41. The maximum absolute atomic E-state index is 12.4. The van der Waals surface area contributed by atoms with Crippen LogP contribution in [0.3, 0.4) is 0 Å². The number of nitriles is 1. The Labute approximate surface area is 157 Å². The van der Waals surface area contributed by atoms with Crippen LogP contribution in [-0.2, 0) is 10.0 Å². The van der Waals surface area contributed by atoms with Crippen molar-refractivity contribution in [2.75, 3.05) is 34.3 Å². The monoisotopic (exact) mass is 388 g/mol. The zero-order chi connectivity index (χ0) is 19.4. The first-order valence-corrected chi connectivity index (χ1v) is 10.4. The lowest BCUT2D eigenvalue weighted by Crippen LogP contribution is -2.30.